The Morgan fingerprint density at radius 3 is 2.80 bits per heavy atom. The summed E-state index contributed by atoms with van der Waals surface area (Å²) in [5.74, 6) is 1.46. The number of carbonyl (C=O) groups excluding carboxylic acids is 1. The van der Waals surface area contributed by atoms with E-state index in [4.69, 9.17) is 0 Å². The van der Waals surface area contributed by atoms with Crippen LogP contribution in [0.4, 0.5) is 5.13 Å². The first kappa shape index (κ1) is 15.3. The average Bonchev–Trinajstić information content (AvgIpc) is 2.98. The first-order valence-electron chi connectivity index (χ1n) is 6.13. The number of carbonyl (C=O) groups is 1. The molecule has 0 atom stereocenters. The fourth-order valence-electron chi connectivity index (χ4n) is 1.29. The molecule has 1 amide bonds. The molecule has 9 heteroatoms. The van der Waals surface area contributed by atoms with E-state index in [9.17, 15) is 4.79 Å². The Morgan fingerprint density at radius 1 is 1.35 bits per heavy atom. The SMILES string of the molecule is Cc1nnsc1C(=O)Nc1nnc(SCCC(C)C)s1. The van der Waals surface area contributed by atoms with E-state index < -0.39 is 0 Å². The molecule has 0 spiro atoms. The van der Waals surface area contributed by atoms with Gasteiger partial charge in [-0.15, -0.1) is 15.3 Å². The van der Waals surface area contributed by atoms with Crippen LogP contribution in [0.25, 0.3) is 0 Å². The van der Waals surface area contributed by atoms with E-state index in [0.717, 1.165) is 28.0 Å². The summed E-state index contributed by atoms with van der Waals surface area (Å²) in [6, 6.07) is 0. The van der Waals surface area contributed by atoms with Crippen LogP contribution in [-0.4, -0.2) is 31.4 Å². The van der Waals surface area contributed by atoms with E-state index in [1.54, 1.807) is 18.7 Å². The van der Waals surface area contributed by atoms with Crippen molar-refractivity contribution in [1.82, 2.24) is 19.8 Å². The second-order valence-electron chi connectivity index (χ2n) is 4.55. The molecule has 2 heterocycles. The molecule has 2 aromatic rings. The van der Waals surface area contributed by atoms with Gasteiger partial charge in [-0.25, -0.2) is 0 Å². The number of anilines is 1. The molecule has 0 aromatic carbocycles. The minimum atomic E-state index is -0.229. The van der Waals surface area contributed by atoms with Crippen LogP contribution in [-0.2, 0) is 0 Å². The average molecular weight is 329 g/mol. The van der Waals surface area contributed by atoms with E-state index in [-0.39, 0.29) is 5.91 Å². The van der Waals surface area contributed by atoms with Crippen LogP contribution in [0, 0.1) is 12.8 Å². The summed E-state index contributed by atoms with van der Waals surface area (Å²) in [7, 11) is 0. The van der Waals surface area contributed by atoms with Crippen LogP contribution in [0.1, 0.15) is 35.6 Å². The minimum absolute atomic E-state index is 0.229. The van der Waals surface area contributed by atoms with Crippen LogP contribution in [0.3, 0.4) is 0 Å². The predicted molar refractivity (Wildman–Crippen MR) is 82.7 cm³/mol. The van der Waals surface area contributed by atoms with E-state index in [1.807, 2.05) is 0 Å². The van der Waals surface area contributed by atoms with Crippen LogP contribution < -0.4 is 5.32 Å². The number of amides is 1. The minimum Gasteiger partial charge on any atom is -0.296 e. The molecule has 0 radical (unpaired) electrons. The van der Waals surface area contributed by atoms with E-state index in [1.165, 1.54) is 11.3 Å². The maximum Gasteiger partial charge on any atom is 0.271 e. The molecular weight excluding hydrogens is 314 g/mol. The third-order valence-corrected chi connectivity index (χ3v) is 5.24. The van der Waals surface area contributed by atoms with Gasteiger partial charge >= 0.3 is 0 Å². The lowest BCUT2D eigenvalue weighted by atomic mass is 10.2. The zero-order valence-electron chi connectivity index (χ0n) is 11.4. The zero-order chi connectivity index (χ0) is 14.5. The Kier molecular flexibility index (Phi) is 5.44. The van der Waals surface area contributed by atoms with Crippen molar-refractivity contribution in [3.8, 4) is 0 Å². The van der Waals surface area contributed by atoms with Crippen molar-refractivity contribution in [1.29, 1.82) is 0 Å². The van der Waals surface area contributed by atoms with Crippen molar-refractivity contribution >= 4 is 45.7 Å². The number of rotatable bonds is 6. The second-order valence-corrected chi connectivity index (χ2v) is 7.62. The Labute approximate surface area is 129 Å². The third-order valence-electron chi connectivity index (χ3n) is 2.41. The van der Waals surface area contributed by atoms with Crippen LogP contribution in [0.15, 0.2) is 4.34 Å². The molecule has 1 N–H and O–H groups in total. The number of nitrogens with zero attached hydrogens (tertiary/aromatic N) is 4. The standard InChI is InChI=1S/C11H15N5OS3/c1-6(2)4-5-18-11-15-14-10(19-11)12-9(17)8-7(3)13-16-20-8/h6H,4-5H2,1-3H3,(H,12,14,17). The largest absolute Gasteiger partial charge is 0.296 e. The van der Waals surface area contributed by atoms with Gasteiger partial charge in [0.15, 0.2) is 4.34 Å². The first-order chi connectivity index (χ1) is 9.56. The molecule has 0 unspecified atom stereocenters. The van der Waals surface area contributed by atoms with Crippen molar-refractivity contribution in [2.24, 2.45) is 5.92 Å². The van der Waals surface area contributed by atoms with Crippen molar-refractivity contribution in [3.05, 3.63) is 10.6 Å². The smallest absolute Gasteiger partial charge is 0.271 e. The van der Waals surface area contributed by atoms with Gasteiger partial charge in [0, 0.05) is 5.75 Å². The van der Waals surface area contributed by atoms with Crippen molar-refractivity contribution < 1.29 is 4.79 Å². The van der Waals surface area contributed by atoms with Crippen LogP contribution >= 0.6 is 34.6 Å². The Bertz CT molecular complexity index is 580. The summed E-state index contributed by atoms with van der Waals surface area (Å²) >= 11 is 4.14. The molecule has 0 saturated carbocycles. The van der Waals surface area contributed by atoms with E-state index >= 15 is 0 Å². The predicted octanol–water partition coefficient (Wildman–Crippen LogP) is 3.09. The first-order valence-corrected chi connectivity index (χ1v) is 8.70. The Hall–Kier alpha value is -1.06. The lowest BCUT2D eigenvalue weighted by Crippen LogP contribution is -2.11. The summed E-state index contributed by atoms with van der Waals surface area (Å²) in [6.07, 6.45) is 1.14. The highest BCUT2D eigenvalue weighted by Crippen LogP contribution is 2.27. The number of thioether (sulfide) groups is 1. The normalized spacial score (nSPS) is 11.0. The Balaban J connectivity index is 1.89. The summed E-state index contributed by atoms with van der Waals surface area (Å²) in [6.45, 7) is 6.14. The van der Waals surface area contributed by atoms with E-state index in [2.05, 4.69) is 38.9 Å². The molecule has 2 rings (SSSR count). The van der Waals surface area contributed by atoms with Crippen LogP contribution in [0.2, 0.25) is 0 Å². The van der Waals surface area contributed by atoms with Gasteiger partial charge in [-0.05, 0) is 30.8 Å². The third kappa shape index (κ3) is 4.22. The number of aromatic nitrogens is 4. The molecule has 20 heavy (non-hydrogen) atoms. The van der Waals surface area contributed by atoms with Gasteiger partial charge in [0.05, 0.1) is 5.69 Å². The van der Waals surface area contributed by atoms with E-state index in [0.29, 0.717) is 21.6 Å². The molecule has 0 fully saturated rings. The molecule has 2 aromatic heterocycles. The number of nitrogens with one attached hydrogen (secondary N) is 1. The van der Waals surface area contributed by atoms with Gasteiger partial charge < -0.3 is 0 Å². The van der Waals surface area contributed by atoms with Crippen LogP contribution in [0.5, 0.6) is 0 Å². The maximum absolute atomic E-state index is 12.0. The molecule has 0 aliphatic rings. The number of hydrogen-bond donors (Lipinski definition) is 1. The van der Waals surface area contributed by atoms with Gasteiger partial charge in [0.25, 0.3) is 5.91 Å². The number of hydrogen-bond acceptors (Lipinski definition) is 8. The molecular formula is C11H15N5OS3. The maximum atomic E-state index is 12.0. The van der Waals surface area contributed by atoms with Gasteiger partial charge in [0.2, 0.25) is 5.13 Å². The van der Waals surface area contributed by atoms with Gasteiger partial charge in [0.1, 0.15) is 4.88 Å². The topological polar surface area (TPSA) is 80.7 Å². The fourth-order valence-corrected chi connectivity index (χ4v) is 3.90. The molecule has 0 aliphatic heterocycles. The highest BCUT2D eigenvalue weighted by Gasteiger charge is 2.15. The molecule has 0 aliphatic carbocycles. The lowest BCUT2D eigenvalue weighted by molar-refractivity contribution is 0.102. The van der Waals surface area contributed by atoms with Gasteiger partial charge in [-0.1, -0.05) is 41.4 Å². The lowest BCUT2D eigenvalue weighted by Gasteiger charge is -2.00. The zero-order valence-corrected chi connectivity index (χ0v) is 13.9. The quantitative estimate of drug-likeness (QED) is 0.648. The monoisotopic (exact) mass is 329 g/mol. The summed E-state index contributed by atoms with van der Waals surface area (Å²) in [5, 5.41) is 15.1. The van der Waals surface area contributed by atoms with Crippen molar-refractivity contribution in [2.45, 2.75) is 31.5 Å². The summed E-state index contributed by atoms with van der Waals surface area (Å²) in [4.78, 5) is 12.5. The fraction of sp³-hybridized carbons (Fsp3) is 0.545. The summed E-state index contributed by atoms with van der Waals surface area (Å²) in [5.41, 5.74) is 0.628. The van der Waals surface area contributed by atoms with Gasteiger partial charge in [-0.2, -0.15) is 0 Å². The Morgan fingerprint density at radius 2 is 2.15 bits per heavy atom. The van der Waals surface area contributed by atoms with Crippen molar-refractivity contribution in [2.75, 3.05) is 11.1 Å². The molecule has 0 saturated heterocycles. The highest BCUT2D eigenvalue weighted by atomic mass is 32.2. The molecule has 6 nitrogen and oxygen atoms in total. The van der Waals surface area contributed by atoms with Crippen molar-refractivity contribution in [3.63, 3.8) is 0 Å². The highest BCUT2D eigenvalue weighted by molar-refractivity contribution is 8.01. The summed E-state index contributed by atoms with van der Waals surface area (Å²) < 4.78 is 4.62. The second kappa shape index (κ2) is 7.09. The number of aryl methyl sites for hydroxylation is 1. The van der Waals surface area contributed by atoms with Gasteiger partial charge in [-0.3, -0.25) is 10.1 Å². The molecule has 108 valence electrons. The molecule has 0 bridgehead atoms.